The van der Waals surface area contributed by atoms with E-state index in [0.717, 1.165) is 0 Å². The zero-order valence-electron chi connectivity index (χ0n) is 8.39. The topological polar surface area (TPSA) is 58.2 Å². The van der Waals surface area contributed by atoms with Crippen LogP contribution in [0.15, 0.2) is 0 Å². The van der Waals surface area contributed by atoms with E-state index in [1.807, 2.05) is 0 Å². The van der Waals surface area contributed by atoms with Gasteiger partial charge in [-0.05, 0) is 20.3 Å². The van der Waals surface area contributed by atoms with Crippen LogP contribution in [0.4, 0.5) is 0 Å². The van der Waals surface area contributed by atoms with Crippen molar-refractivity contribution in [2.45, 2.75) is 38.3 Å². The molecule has 0 bridgehead atoms. The quantitative estimate of drug-likeness (QED) is 0.598. The SMILES string of the molecule is C#CC(C)(C)NC(=O)C1CCC(=O)N1. The van der Waals surface area contributed by atoms with Crippen LogP contribution in [0.2, 0.25) is 0 Å². The van der Waals surface area contributed by atoms with Gasteiger partial charge in [0.05, 0.1) is 5.54 Å². The van der Waals surface area contributed by atoms with Crippen molar-refractivity contribution in [2.75, 3.05) is 0 Å². The predicted molar refractivity (Wildman–Crippen MR) is 52.2 cm³/mol. The highest BCUT2D eigenvalue weighted by molar-refractivity contribution is 5.91. The Hall–Kier alpha value is -1.50. The van der Waals surface area contributed by atoms with Gasteiger partial charge in [0.2, 0.25) is 11.8 Å². The summed E-state index contributed by atoms with van der Waals surface area (Å²) in [6.45, 7) is 3.48. The molecule has 2 N–H and O–H groups in total. The molecule has 4 nitrogen and oxygen atoms in total. The number of carbonyl (C=O) groups is 2. The Balaban J connectivity index is 2.52. The minimum absolute atomic E-state index is 0.0799. The highest BCUT2D eigenvalue weighted by Gasteiger charge is 2.29. The smallest absolute Gasteiger partial charge is 0.243 e. The van der Waals surface area contributed by atoms with Crippen molar-refractivity contribution in [2.24, 2.45) is 0 Å². The second-order valence-corrected chi connectivity index (χ2v) is 3.92. The van der Waals surface area contributed by atoms with Crippen LogP contribution < -0.4 is 10.6 Å². The van der Waals surface area contributed by atoms with E-state index in [9.17, 15) is 9.59 Å². The summed E-state index contributed by atoms with van der Waals surface area (Å²) in [6, 6.07) is -0.421. The lowest BCUT2D eigenvalue weighted by molar-refractivity contribution is -0.126. The molecule has 0 aromatic rings. The molecule has 0 aliphatic carbocycles. The van der Waals surface area contributed by atoms with E-state index in [2.05, 4.69) is 16.6 Å². The number of hydrogen-bond acceptors (Lipinski definition) is 2. The van der Waals surface area contributed by atoms with Crippen molar-refractivity contribution in [3.8, 4) is 12.3 Å². The van der Waals surface area contributed by atoms with Gasteiger partial charge < -0.3 is 10.6 Å². The van der Waals surface area contributed by atoms with E-state index >= 15 is 0 Å². The van der Waals surface area contributed by atoms with Crippen LogP contribution in [-0.2, 0) is 9.59 Å². The van der Waals surface area contributed by atoms with Crippen molar-refractivity contribution in [3.05, 3.63) is 0 Å². The summed E-state index contributed by atoms with van der Waals surface area (Å²) in [5.74, 6) is 2.17. The van der Waals surface area contributed by atoms with Gasteiger partial charge in [0, 0.05) is 6.42 Å². The van der Waals surface area contributed by atoms with Gasteiger partial charge in [0.15, 0.2) is 0 Å². The molecule has 4 heteroatoms. The van der Waals surface area contributed by atoms with Gasteiger partial charge in [0.25, 0.3) is 0 Å². The molecule has 76 valence electrons. The Morgan fingerprint density at radius 3 is 2.79 bits per heavy atom. The molecule has 1 heterocycles. The van der Waals surface area contributed by atoms with Gasteiger partial charge in [0.1, 0.15) is 6.04 Å². The first-order valence-corrected chi connectivity index (χ1v) is 4.54. The average Bonchev–Trinajstić information content (AvgIpc) is 2.51. The maximum Gasteiger partial charge on any atom is 0.243 e. The number of hydrogen-bond donors (Lipinski definition) is 2. The molecule has 0 spiro atoms. The fraction of sp³-hybridized carbons (Fsp3) is 0.600. The van der Waals surface area contributed by atoms with Crippen LogP contribution in [0.1, 0.15) is 26.7 Å². The van der Waals surface area contributed by atoms with Crippen LogP contribution in [0.25, 0.3) is 0 Å². The van der Waals surface area contributed by atoms with Crippen molar-refractivity contribution in [3.63, 3.8) is 0 Å². The summed E-state index contributed by atoms with van der Waals surface area (Å²) in [7, 11) is 0. The Bertz CT molecular complexity index is 302. The predicted octanol–water partition coefficient (Wildman–Crippen LogP) is -0.207. The molecule has 1 fully saturated rings. The fourth-order valence-corrected chi connectivity index (χ4v) is 1.24. The zero-order chi connectivity index (χ0) is 10.8. The van der Waals surface area contributed by atoms with E-state index < -0.39 is 11.6 Å². The zero-order valence-corrected chi connectivity index (χ0v) is 8.39. The summed E-state index contributed by atoms with van der Waals surface area (Å²) in [6.07, 6.45) is 6.19. The summed E-state index contributed by atoms with van der Waals surface area (Å²) in [5, 5.41) is 5.26. The average molecular weight is 194 g/mol. The van der Waals surface area contributed by atoms with Gasteiger partial charge in [-0.15, -0.1) is 6.42 Å². The molecule has 1 aliphatic rings. The molecule has 1 aliphatic heterocycles. The normalized spacial score (nSPS) is 21.2. The molecule has 1 rings (SSSR count). The summed E-state index contributed by atoms with van der Waals surface area (Å²) < 4.78 is 0. The number of nitrogens with one attached hydrogen (secondary N) is 2. The van der Waals surface area contributed by atoms with Gasteiger partial charge in [-0.25, -0.2) is 0 Å². The first-order valence-electron chi connectivity index (χ1n) is 4.54. The number of carbonyl (C=O) groups excluding carboxylic acids is 2. The molecular formula is C10H14N2O2. The Labute approximate surface area is 83.4 Å². The standard InChI is InChI=1S/C10H14N2O2/c1-4-10(2,3)12-9(14)7-5-6-8(13)11-7/h1,7H,5-6H2,2-3H3,(H,11,13)(H,12,14). The van der Waals surface area contributed by atoms with Crippen molar-refractivity contribution in [1.29, 1.82) is 0 Å². The summed E-state index contributed by atoms with van der Waals surface area (Å²) in [5.41, 5.74) is -0.662. The van der Waals surface area contributed by atoms with Crippen LogP contribution in [0.3, 0.4) is 0 Å². The van der Waals surface area contributed by atoms with E-state index in [1.54, 1.807) is 13.8 Å². The number of amides is 2. The molecular weight excluding hydrogens is 180 g/mol. The van der Waals surface area contributed by atoms with Gasteiger partial charge in [-0.1, -0.05) is 5.92 Å². The highest BCUT2D eigenvalue weighted by atomic mass is 16.2. The van der Waals surface area contributed by atoms with Gasteiger partial charge in [-0.3, -0.25) is 9.59 Å². The first kappa shape index (κ1) is 10.6. The largest absolute Gasteiger partial charge is 0.344 e. The van der Waals surface area contributed by atoms with Gasteiger partial charge in [-0.2, -0.15) is 0 Å². The second-order valence-electron chi connectivity index (χ2n) is 3.92. The minimum atomic E-state index is -0.662. The molecule has 1 atom stereocenters. The monoisotopic (exact) mass is 194 g/mol. The maximum atomic E-state index is 11.5. The molecule has 1 unspecified atom stereocenters. The van der Waals surface area contributed by atoms with E-state index in [4.69, 9.17) is 6.42 Å². The van der Waals surface area contributed by atoms with E-state index in [-0.39, 0.29) is 11.8 Å². The lowest BCUT2D eigenvalue weighted by Crippen LogP contribution is -2.50. The highest BCUT2D eigenvalue weighted by Crippen LogP contribution is 2.08. The Morgan fingerprint density at radius 1 is 1.71 bits per heavy atom. The number of terminal acetylenes is 1. The molecule has 0 radical (unpaired) electrons. The Morgan fingerprint density at radius 2 is 2.36 bits per heavy atom. The third kappa shape index (κ3) is 2.49. The number of rotatable bonds is 2. The third-order valence-electron chi connectivity index (χ3n) is 2.11. The van der Waals surface area contributed by atoms with Crippen molar-refractivity contribution < 1.29 is 9.59 Å². The molecule has 0 aromatic carbocycles. The van der Waals surface area contributed by atoms with E-state index in [0.29, 0.717) is 12.8 Å². The summed E-state index contributed by atoms with van der Waals surface area (Å²) in [4.78, 5) is 22.4. The fourth-order valence-electron chi connectivity index (χ4n) is 1.24. The maximum absolute atomic E-state index is 11.5. The van der Waals surface area contributed by atoms with Gasteiger partial charge >= 0.3 is 0 Å². The first-order chi connectivity index (χ1) is 6.44. The molecule has 1 saturated heterocycles. The van der Waals surface area contributed by atoms with Crippen LogP contribution >= 0.6 is 0 Å². The van der Waals surface area contributed by atoms with Crippen molar-refractivity contribution in [1.82, 2.24) is 10.6 Å². The molecule has 14 heavy (non-hydrogen) atoms. The lowest BCUT2D eigenvalue weighted by Gasteiger charge is -2.21. The van der Waals surface area contributed by atoms with Crippen molar-refractivity contribution >= 4 is 11.8 Å². The van der Waals surface area contributed by atoms with Crippen LogP contribution in [-0.4, -0.2) is 23.4 Å². The summed E-state index contributed by atoms with van der Waals surface area (Å²) >= 11 is 0. The molecule has 0 saturated carbocycles. The van der Waals surface area contributed by atoms with E-state index in [1.165, 1.54) is 0 Å². The third-order valence-corrected chi connectivity index (χ3v) is 2.11. The second kappa shape index (κ2) is 3.70. The molecule has 2 amide bonds. The Kier molecular flexibility index (Phi) is 2.80. The van der Waals surface area contributed by atoms with Crippen LogP contribution in [0.5, 0.6) is 0 Å². The lowest BCUT2D eigenvalue weighted by atomic mass is 10.1. The van der Waals surface area contributed by atoms with Crippen LogP contribution in [0, 0.1) is 12.3 Å². The minimum Gasteiger partial charge on any atom is -0.344 e. The molecule has 0 aromatic heterocycles.